The summed E-state index contributed by atoms with van der Waals surface area (Å²) in [5.41, 5.74) is 2.16. The van der Waals surface area contributed by atoms with Gasteiger partial charge in [-0.05, 0) is 30.2 Å². The van der Waals surface area contributed by atoms with Crippen LogP contribution < -0.4 is 4.74 Å². The molecule has 0 saturated heterocycles. The van der Waals surface area contributed by atoms with Crippen LogP contribution in [-0.2, 0) is 6.42 Å². The number of thioether (sulfide) groups is 1. The number of hydrogen-bond donors (Lipinski definition) is 0. The van der Waals surface area contributed by atoms with Gasteiger partial charge in [0.2, 0.25) is 0 Å². The van der Waals surface area contributed by atoms with E-state index in [-0.39, 0.29) is 0 Å². The van der Waals surface area contributed by atoms with Gasteiger partial charge < -0.3 is 4.74 Å². The summed E-state index contributed by atoms with van der Waals surface area (Å²) in [5, 5.41) is 2.85. The van der Waals surface area contributed by atoms with E-state index in [4.69, 9.17) is 16.3 Å². The number of nitrogens with zero attached hydrogens (tertiary/aromatic N) is 1. The first kappa shape index (κ1) is 10.2. The van der Waals surface area contributed by atoms with Crippen molar-refractivity contribution in [1.82, 2.24) is 4.98 Å². The van der Waals surface area contributed by atoms with Crippen molar-refractivity contribution in [1.29, 1.82) is 0 Å². The van der Waals surface area contributed by atoms with E-state index in [0.29, 0.717) is 0 Å². The number of aromatic nitrogens is 1. The Balaban J connectivity index is 2.37. The first-order valence-corrected chi connectivity index (χ1v) is 6.45. The van der Waals surface area contributed by atoms with Gasteiger partial charge in [0.15, 0.2) is 0 Å². The minimum Gasteiger partial charge on any atom is -0.494 e. The molecule has 0 spiro atoms. The maximum Gasteiger partial charge on any atom is 0.145 e. The predicted molar refractivity (Wildman–Crippen MR) is 67.7 cm³/mol. The number of pyridine rings is 1. The molecule has 0 atom stereocenters. The molecule has 1 aromatic heterocycles. The first-order valence-electron chi connectivity index (χ1n) is 5.08. The highest BCUT2D eigenvalue weighted by molar-refractivity contribution is 7.99. The molecule has 0 radical (unpaired) electrons. The number of methoxy groups -OCH3 is 1. The average Bonchev–Trinajstić information content (AvgIpc) is 2.75. The SMILES string of the molecule is COc1ccc(Cl)c2cc3c(nc12)SCC3. The Kier molecular flexibility index (Phi) is 2.45. The topological polar surface area (TPSA) is 22.1 Å². The molecule has 0 fully saturated rings. The Morgan fingerprint density at radius 1 is 1.44 bits per heavy atom. The van der Waals surface area contributed by atoms with E-state index < -0.39 is 0 Å². The van der Waals surface area contributed by atoms with Gasteiger partial charge in [-0.1, -0.05) is 11.6 Å². The van der Waals surface area contributed by atoms with Gasteiger partial charge in [-0.3, -0.25) is 0 Å². The predicted octanol–water partition coefficient (Wildman–Crippen LogP) is 3.55. The zero-order valence-electron chi connectivity index (χ0n) is 8.79. The van der Waals surface area contributed by atoms with Crippen molar-refractivity contribution >= 4 is 34.3 Å². The van der Waals surface area contributed by atoms with Crippen molar-refractivity contribution < 1.29 is 4.74 Å². The van der Waals surface area contributed by atoms with Gasteiger partial charge in [0.1, 0.15) is 16.3 Å². The molecule has 0 aliphatic carbocycles. The van der Waals surface area contributed by atoms with E-state index in [1.807, 2.05) is 12.1 Å². The van der Waals surface area contributed by atoms with Gasteiger partial charge in [0.05, 0.1) is 12.1 Å². The van der Waals surface area contributed by atoms with Crippen molar-refractivity contribution in [2.45, 2.75) is 11.4 Å². The lowest BCUT2D eigenvalue weighted by atomic mass is 10.1. The van der Waals surface area contributed by atoms with Crippen molar-refractivity contribution in [3.05, 3.63) is 28.8 Å². The van der Waals surface area contributed by atoms with E-state index in [0.717, 1.165) is 38.9 Å². The number of halogens is 1. The Labute approximate surface area is 103 Å². The molecular formula is C12H10ClNOS. The molecule has 2 aromatic rings. The zero-order valence-corrected chi connectivity index (χ0v) is 10.4. The number of aryl methyl sites for hydroxylation is 1. The van der Waals surface area contributed by atoms with Crippen molar-refractivity contribution in [3.8, 4) is 5.75 Å². The van der Waals surface area contributed by atoms with E-state index >= 15 is 0 Å². The van der Waals surface area contributed by atoms with Crippen LogP contribution >= 0.6 is 23.4 Å². The molecule has 0 unspecified atom stereocenters. The highest BCUT2D eigenvalue weighted by Gasteiger charge is 2.16. The molecule has 1 aliphatic heterocycles. The number of fused-ring (bicyclic) bond motifs is 2. The fourth-order valence-corrected chi connectivity index (χ4v) is 3.18. The molecule has 3 rings (SSSR count). The first-order chi connectivity index (χ1) is 7.79. The lowest BCUT2D eigenvalue weighted by molar-refractivity contribution is 0.418. The lowest BCUT2D eigenvalue weighted by Crippen LogP contribution is -1.91. The zero-order chi connectivity index (χ0) is 11.1. The Hall–Kier alpha value is -0.930. The fourth-order valence-electron chi connectivity index (χ4n) is 1.95. The van der Waals surface area contributed by atoms with E-state index in [1.54, 1.807) is 18.9 Å². The molecule has 0 N–H and O–H groups in total. The van der Waals surface area contributed by atoms with Gasteiger partial charge in [-0.2, -0.15) is 0 Å². The Morgan fingerprint density at radius 2 is 2.31 bits per heavy atom. The summed E-state index contributed by atoms with van der Waals surface area (Å²) in [5.74, 6) is 1.90. The van der Waals surface area contributed by atoms with Crippen LogP contribution in [0.2, 0.25) is 5.02 Å². The van der Waals surface area contributed by atoms with Crippen LogP contribution in [0, 0.1) is 0 Å². The molecule has 0 amide bonds. The van der Waals surface area contributed by atoms with Gasteiger partial charge in [0.25, 0.3) is 0 Å². The number of benzene rings is 1. The number of ether oxygens (including phenoxy) is 1. The third kappa shape index (κ3) is 1.46. The number of hydrogen-bond acceptors (Lipinski definition) is 3. The molecular weight excluding hydrogens is 242 g/mol. The molecule has 1 aliphatic rings. The molecule has 0 saturated carbocycles. The summed E-state index contributed by atoms with van der Waals surface area (Å²) >= 11 is 7.98. The van der Waals surface area contributed by atoms with Crippen LogP contribution in [0.3, 0.4) is 0 Å². The van der Waals surface area contributed by atoms with E-state index in [9.17, 15) is 0 Å². The third-order valence-electron chi connectivity index (χ3n) is 2.76. The second-order valence-corrected chi connectivity index (χ2v) is 5.19. The fraction of sp³-hybridized carbons (Fsp3) is 0.250. The summed E-state index contributed by atoms with van der Waals surface area (Å²) in [6.07, 6.45) is 1.08. The van der Waals surface area contributed by atoms with Crippen LogP contribution in [0.4, 0.5) is 0 Å². The van der Waals surface area contributed by atoms with Crippen LogP contribution in [0.15, 0.2) is 23.2 Å². The minimum absolute atomic E-state index is 0.739. The normalized spacial score (nSPS) is 14.1. The summed E-state index contributed by atoms with van der Waals surface area (Å²) in [4.78, 5) is 4.64. The van der Waals surface area contributed by atoms with Gasteiger partial charge in [0, 0.05) is 11.1 Å². The summed E-state index contributed by atoms with van der Waals surface area (Å²) in [6.45, 7) is 0. The highest BCUT2D eigenvalue weighted by Crippen LogP contribution is 2.37. The van der Waals surface area contributed by atoms with Crippen molar-refractivity contribution in [2.75, 3.05) is 12.9 Å². The molecule has 4 heteroatoms. The Bertz CT molecular complexity index is 570. The highest BCUT2D eigenvalue weighted by atomic mass is 35.5. The lowest BCUT2D eigenvalue weighted by Gasteiger charge is -2.08. The number of rotatable bonds is 1. The maximum atomic E-state index is 6.19. The second-order valence-electron chi connectivity index (χ2n) is 3.70. The third-order valence-corrected chi connectivity index (χ3v) is 4.13. The summed E-state index contributed by atoms with van der Waals surface area (Å²) < 4.78 is 5.31. The van der Waals surface area contributed by atoms with Crippen LogP contribution in [-0.4, -0.2) is 17.8 Å². The molecule has 16 heavy (non-hydrogen) atoms. The summed E-state index contributed by atoms with van der Waals surface area (Å²) in [6, 6.07) is 5.87. The van der Waals surface area contributed by atoms with Crippen LogP contribution in [0.1, 0.15) is 5.56 Å². The Morgan fingerprint density at radius 3 is 3.12 bits per heavy atom. The molecule has 1 aromatic carbocycles. The summed E-state index contributed by atoms with van der Waals surface area (Å²) in [7, 11) is 1.66. The van der Waals surface area contributed by atoms with Crippen LogP contribution in [0.5, 0.6) is 5.75 Å². The van der Waals surface area contributed by atoms with Gasteiger partial charge in [-0.15, -0.1) is 11.8 Å². The van der Waals surface area contributed by atoms with E-state index in [1.165, 1.54) is 5.56 Å². The van der Waals surface area contributed by atoms with Crippen LogP contribution in [0.25, 0.3) is 10.9 Å². The largest absolute Gasteiger partial charge is 0.494 e. The van der Waals surface area contributed by atoms with Gasteiger partial charge in [-0.25, -0.2) is 4.98 Å². The quantitative estimate of drug-likeness (QED) is 0.774. The molecule has 2 nitrogen and oxygen atoms in total. The molecule has 0 bridgehead atoms. The van der Waals surface area contributed by atoms with Crippen molar-refractivity contribution in [3.63, 3.8) is 0 Å². The molecule has 82 valence electrons. The average molecular weight is 252 g/mol. The van der Waals surface area contributed by atoms with Crippen molar-refractivity contribution in [2.24, 2.45) is 0 Å². The van der Waals surface area contributed by atoms with E-state index in [2.05, 4.69) is 11.1 Å². The minimum atomic E-state index is 0.739. The maximum absolute atomic E-state index is 6.19. The standard InChI is InChI=1S/C12H10ClNOS/c1-15-10-3-2-9(13)8-6-7-4-5-16-12(7)14-11(8)10/h2-3,6H,4-5H2,1H3. The smallest absolute Gasteiger partial charge is 0.145 e. The molecule has 2 heterocycles. The monoisotopic (exact) mass is 251 g/mol. The van der Waals surface area contributed by atoms with Gasteiger partial charge >= 0.3 is 0 Å². The second kappa shape index (κ2) is 3.82.